The third-order valence-corrected chi connectivity index (χ3v) is 6.03. The molecule has 0 radical (unpaired) electrons. The molecule has 1 aliphatic rings. The SMILES string of the molecule is Cc1ccc(C2/C(=C(\O)c3cc(C(C)(C)C)ccc3C)C(=O)C(=O)N2Cc2ccncc2)o1. The minimum atomic E-state index is -0.829. The normalized spacial score (nSPS) is 18.2. The van der Waals surface area contributed by atoms with Gasteiger partial charge in [0.15, 0.2) is 0 Å². The number of aliphatic hydroxyl groups excluding tert-OH is 1. The molecule has 3 heterocycles. The van der Waals surface area contributed by atoms with Crippen LogP contribution in [0.3, 0.4) is 0 Å². The predicted molar refractivity (Wildman–Crippen MR) is 125 cm³/mol. The highest BCUT2D eigenvalue weighted by Crippen LogP contribution is 2.41. The second kappa shape index (κ2) is 8.35. The van der Waals surface area contributed by atoms with Crippen molar-refractivity contribution in [3.05, 3.63) is 94.2 Å². The molecule has 1 unspecified atom stereocenters. The third-order valence-electron chi connectivity index (χ3n) is 6.03. The van der Waals surface area contributed by atoms with E-state index in [2.05, 4.69) is 25.8 Å². The smallest absolute Gasteiger partial charge is 0.296 e. The summed E-state index contributed by atoms with van der Waals surface area (Å²) in [4.78, 5) is 31.8. The van der Waals surface area contributed by atoms with Crippen molar-refractivity contribution in [3.63, 3.8) is 0 Å². The molecule has 6 heteroatoms. The van der Waals surface area contributed by atoms with Crippen LogP contribution in [-0.4, -0.2) is 26.7 Å². The number of benzene rings is 1. The van der Waals surface area contributed by atoms with Crippen LogP contribution in [0.15, 0.2) is 64.8 Å². The Bertz CT molecular complexity index is 1250. The molecular formula is C27H28N2O4. The lowest BCUT2D eigenvalue weighted by Gasteiger charge is -2.24. The molecule has 0 bridgehead atoms. The summed E-state index contributed by atoms with van der Waals surface area (Å²) in [6.45, 7) is 10.1. The molecule has 0 aliphatic carbocycles. The van der Waals surface area contributed by atoms with Crippen molar-refractivity contribution in [1.29, 1.82) is 0 Å². The molecule has 2 aromatic heterocycles. The number of hydrogen-bond acceptors (Lipinski definition) is 5. The maximum absolute atomic E-state index is 13.2. The monoisotopic (exact) mass is 444 g/mol. The molecule has 33 heavy (non-hydrogen) atoms. The van der Waals surface area contributed by atoms with Crippen molar-refractivity contribution in [2.24, 2.45) is 0 Å². The molecule has 4 rings (SSSR count). The maximum Gasteiger partial charge on any atom is 0.296 e. The van der Waals surface area contributed by atoms with Crippen molar-refractivity contribution in [2.75, 3.05) is 0 Å². The Morgan fingerprint density at radius 3 is 2.36 bits per heavy atom. The Hall–Kier alpha value is -3.67. The van der Waals surface area contributed by atoms with Gasteiger partial charge in [0.2, 0.25) is 0 Å². The number of ketones is 1. The van der Waals surface area contributed by atoms with Gasteiger partial charge in [-0.15, -0.1) is 0 Å². The van der Waals surface area contributed by atoms with Crippen LogP contribution in [-0.2, 0) is 21.5 Å². The topological polar surface area (TPSA) is 83.6 Å². The lowest BCUT2D eigenvalue weighted by Crippen LogP contribution is -2.29. The van der Waals surface area contributed by atoms with E-state index >= 15 is 0 Å². The van der Waals surface area contributed by atoms with Gasteiger partial charge in [-0.1, -0.05) is 32.9 Å². The summed E-state index contributed by atoms with van der Waals surface area (Å²) in [6.07, 6.45) is 3.28. The van der Waals surface area contributed by atoms with Gasteiger partial charge in [0.05, 0.1) is 5.57 Å². The van der Waals surface area contributed by atoms with E-state index < -0.39 is 17.7 Å². The maximum atomic E-state index is 13.2. The quantitative estimate of drug-likeness (QED) is 0.339. The highest BCUT2D eigenvalue weighted by molar-refractivity contribution is 6.46. The highest BCUT2D eigenvalue weighted by Gasteiger charge is 2.47. The first kappa shape index (κ1) is 22.5. The molecule has 6 nitrogen and oxygen atoms in total. The van der Waals surface area contributed by atoms with Crippen molar-refractivity contribution >= 4 is 17.4 Å². The number of aromatic nitrogens is 1. The summed E-state index contributed by atoms with van der Waals surface area (Å²) in [6, 6.07) is 12.1. The van der Waals surface area contributed by atoms with E-state index in [-0.39, 0.29) is 23.3 Å². The fraction of sp³-hybridized carbons (Fsp3) is 0.296. The largest absolute Gasteiger partial charge is 0.507 e. The number of amides is 1. The molecule has 170 valence electrons. The predicted octanol–water partition coefficient (Wildman–Crippen LogP) is 5.21. The average molecular weight is 445 g/mol. The van der Waals surface area contributed by atoms with Gasteiger partial charge in [-0.05, 0) is 66.3 Å². The zero-order valence-electron chi connectivity index (χ0n) is 19.5. The average Bonchev–Trinajstić information content (AvgIpc) is 3.30. The van der Waals surface area contributed by atoms with Gasteiger partial charge in [0.25, 0.3) is 11.7 Å². The van der Waals surface area contributed by atoms with Crippen LogP contribution in [0.2, 0.25) is 0 Å². The van der Waals surface area contributed by atoms with Crippen molar-refractivity contribution in [2.45, 2.75) is 52.6 Å². The fourth-order valence-electron chi connectivity index (χ4n) is 4.11. The number of hydrogen-bond donors (Lipinski definition) is 1. The first-order valence-electron chi connectivity index (χ1n) is 10.9. The van der Waals surface area contributed by atoms with Gasteiger partial charge in [0, 0.05) is 24.5 Å². The van der Waals surface area contributed by atoms with E-state index in [4.69, 9.17) is 4.42 Å². The number of carbonyl (C=O) groups is 2. The number of nitrogens with zero attached hydrogens (tertiary/aromatic N) is 2. The molecule has 1 aliphatic heterocycles. The second-order valence-corrected chi connectivity index (χ2v) is 9.51. The lowest BCUT2D eigenvalue weighted by molar-refractivity contribution is -0.140. The number of likely N-dealkylation sites (tertiary alicyclic amines) is 1. The number of aliphatic hydroxyl groups is 1. The van der Waals surface area contributed by atoms with E-state index in [1.54, 1.807) is 43.6 Å². The number of aryl methyl sites for hydroxylation is 2. The Kier molecular flexibility index (Phi) is 5.70. The molecular weight excluding hydrogens is 416 g/mol. The minimum absolute atomic E-state index is 0.0394. The summed E-state index contributed by atoms with van der Waals surface area (Å²) >= 11 is 0. The van der Waals surface area contributed by atoms with Crippen LogP contribution in [0.1, 0.15) is 60.6 Å². The second-order valence-electron chi connectivity index (χ2n) is 9.51. The fourth-order valence-corrected chi connectivity index (χ4v) is 4.11. The van der Waals surface area contributed by atoms with Crippen LogP contribution in [0.4, 0.5) is 0 Å². The molecule has 3 aromatic rings. The van der Waals surface area contributed by atoms with Crippen LogP contribution in [0, 0.1) is 13.8 Å². The Balaban J connectivity index is 1.89. The van der Waals surface area contributed by atoms with E-state index in [1.807, 2.05) is 25.1 Å². The summed E-state index contributed by atoms with van der Waals surface area (Å²) < 4.78 is 5.85. The Morgan fingerprint density at radius 1 is 1.06 bits per heavy atom. The number of Topliss-reactive ketones (excluding diaryl/α,β-unsaturated/α-hetero) is 1. The standard InChI is InChI=1S/C27H28N2O4/c1-16-6-8-19(27(3,4)5)14-20(16)24(30)22-23(21-9-7-17(2)33-21)29(26(32)25(22)31)15-18-10-12-28-13-11-18/h6-14,23,30H,15H2,1-5H3/b24-22+. The zero-order valence-corrected chi connectivity index (χ0v) is 19.5. The van der Waals surface area contributed by atoms with E-state index in [0.717, 1.165) is 16.7 Å². The summed E-state index contributed by atoms with van der Waals surface area (Å²) in [5.74, 6) is -0.483. The third kappa shape index (κ3) is 4.21. The molecule has 1 atom stereocenters. The zero-order chi connectivity index (χ0) is 23.9. The first-order chi connectivity index (χ1) is 15.6. The molecule has 1 saturated heterocycles. The van der Waals surface area contributed by atoms with Crippen LogP contribution in [0.25, 0.3) is 5.76 Å². The van der Waals surface area contributed by atoms with Gasteiger partial charge in [0.1, 0.15) is 23.3 Å². The number of rotatable bonds is 4. The van der Waals surface area contributed by atoms with Gasteiger partial charge < -0.3 is 14.4 Å². The lowest BCUT2D eigenvalue weighted by atomic mass is 9.84. The van der Waals surface area contributed by atoms with Gasteiger partial charge in [-0.2, -0.15) is 0 Å². The number of furan rings is 1. The Morgan fingerprint density at radius 2 is 1.76 bits per heavy atom. The Labute approximate surface area is 193 Å². The van der Waals surface area contributed by atoms with Crippen molar-refractivity contribution in [3.8, 4) is 0 Å². The summed E-state index contributed by atoms with van der Waals surface area (Å²) in [5.41, 5.74) is 3.09. The van der Waals surface area contributed by atoms with E-state index in [9.17, 15) is 14.7 Å². The van der Waals surface area contributed by atoms with Gasteiger partial charge in [-0.25, -0.2) is 0 Å². The van der Waals surface area contributed by atoms with Gasteiger partial charge >= 0.3 is 0 Å². The summed E-state index contributed by atoms with van der Waals surface area (Å²) in [5, 5.41) is 11.4. The molecule has 0 spiro atoms. The number of pyridine rings is 1. The molecule has 1 amide bonds. The number of carbonyl (C=O) groups excluding carboxylic acids is 2. The van der Waals surface area contributed by atoms with E-state index in [0.29, 0.717) is 17.1 Å². The molecule has 1 aromatic carbocycles. The minimum Gasteiger partial charge on any atom is -0.507 e. The van der Waals surface area contributed by atoms with Crippen molar-refractivity contribution < 1.29 is 19.1 Å². The van der Waals surface area contributed by atoms with Crippen LogP contribution >= 0.6 is 0 Å². The molecule has 1 N–H and O–H groups in total. The van der Waals surface area contributed by atoms with Crippen molar-refractivity contribution in [1.82, 2.24) is 9.88 Å². The molecule has 0 saturated carbocycles. The van der Waals surface area contributed by atoms with Crippen LogP contribution in [0.5, 0.6) is 0 Å². The first-order valence-corrected chi connectivity index (χ1v) is 10.9. The summed E-state index contributed by atoms with van der Waals surface area (Å²) in [7, 11) is 0. The van der Waals surface area contributed by atoms with Gasteiger partial charge in [-0.3, -0.25) is 14.6 Å². The van der Waals surface area contributed by atoms with E-state index in [1.165, 1.54) is 4.90 Å². The highest BCUT2D eigenvalue weighted by atomic mass is 16.3. The molecule has 1 fully saturated rings. The van der Waals surface area contributed by atoms with Crippen LogP contribution < -0.4 is 0 Å².